The van der Waals surface area contributed by atoms with Gasteiger partial charge < -0.3 is 16.0 Å². The van der Waals surface area contributed by atoms with E-state index in [0.29, 0.717) is 0 Å². The zero-order chi connectivity index (χ0) is 23.8. The first-order valence-corrected chi connectivity index (χ1v) is 12.8. The molecule has 3 nitrogen and oxygen atoms in total. The minimum Gasteiger partial charge on any atom is -0.397 e. The fourth-order valence-electron chi connectivity index (χ4n) is 4.85. The van der Waals surface area contributed by atoms with Gasteiger partial charge in [-0.1, -0.05) is 96.2 Å². The monoisotopic (exact) mass is 493 g/mol. The van der Waals surface area contributed by atoms with Gasteiger partial charge in [0.2, 0.25) is 0 Å². The van der Waals surface area contributed by atoms with Gasteiger partial charge in [-0.3, -0.25) is 0 Å². The molecule has 2 aliphatic heterocycles. The number of thioether (sulfide) groups is 1. The molecule has 3 N–H and O–H groups in total. The van der Waals surface area contributed by atoms with Gasteiger partial charge in [-0.25, -0.2) is 0 Å². The number of fused-ring (bicyclic) bond motifs is 1. The van der Waals surface area contributed by atoms with Crippen LogP contribution >= 0.6 is 23.4 Å². The van der Waals surface area contributed by atoms with Gasteiger partial charge in [0.15, 0.2) is 0 Å². The van der Waals surface area contributed by atoms with Crippen molar-refractivity contribution < 1.29 is 0 Å². The maximum atomic E-state index is 6.90. The number of allylic oxidation sites excluding steroid dienone is 1. The molecule has 0 bridgehead atoms. The molecule has 5 heteroatoms. The van der Waals surface area contributed by atoms with Crippen molar-refractivity contribution in [1.29, 1.82) is 0 Å². The van der Waals surface area contributed by atoms with Crippen LogP contribution in [0.25, 0.3) is 5.57 Å². The van der Waals surface area contributed by atoms with Gasteiger partial charge in [0.05, 0.1) is 17.4 Å². The highest BCUT2D eigenvalue weighted by molar-refractivity contribution is 8.00. The summed E-state index contributed by atoms with van der Waals surface area (Å²) in [4.78, 5) is 3.61. The first kappa shape index (κ1) is 21.9. The molecule has 0 saturated carbocycles. The van der Waals surface area contributed by atoms with Gasteiger partial charge in [-0.05, 0) is 59.2 Å². The molecule has 2 aliphatic rings. The smallest absolute Gasteiger partial charge is 0.120 e. The zero-order valence-corrected chi connectivity index (χ0v) is 20.5. The molecule has 0 fully saturated rings. The average Bonchev–Trinajstić information content (AvgIpc) is 3.33. The molecule has 2 unspecified atom stereocenters. The maximum absolute atomic E-state index is 6.90. The van der Waals surface area contributed by atoms with E-state index in [-0.39, 0.29) is 11.4 Å². The lowest BCUT2D eigenvalue weighted by atomic mass is 9.87. The minimum atomic E-state index is -0.0783. The summed E-state index contributed by atoms with van der Waals surface area (Å²) >= 11 is 8.09. The number of para-hydroxylation sites is 2. The zero-order valence-electron chi connectivity index (χ0n) is 18.9. The number of nitrogens with zero attached hydrogens (tertiary/aromatic N) is 1. The predicted octanol–water partition coefficient (Wildman–Crippen LogP) is 7.70. The van der Waals surface area contributed by atoms with E-state index < -0.39 is 0 Å². The van der Waals surface area contributed by atoms with Crippen molar-refractivity contribution in [2.24, 2.45) is 5.73 Å². The van der Waals surface area contributed by atoms with Crippen molar-refractivity contribution in [2.45, 2.75) is 16.3 Å². The number of hydrogen-bond donors (Lipinski definition) is 2. The van der Waals surface area contributed by atoms with Crippen molar-refractivity contribution >= 4 is 40.3 Å². The summed E-state index contributed by atoms with van der Waals surface area (Å²) in [6, 6.07) is 37.5. The number of halogens is 1. The lowest BCUT2D eigenvalue weighted by Gasteiger charge is -2.42. The highest BCUT2D eigenvalue weighted by atomic mass is 35.5. The molecule has 2 heterocycles. The average molecular weight is 494 g/mol. The third-order valence-corrected chi connectivity index (χ3v) is 7.85. The van der Waals surface area contributed by atoms with Gasteiger partial charge in [-0.15, -0.1) is 0 Å². The third kappa shape index (κ3) is 4.09. The number of anilines is 2. The summed E-state index contributed by atoms with van der Waals surface area (Å²) in [5, 5.41) is 4.41. The van der Waals surface area contributed by atoms with E-state index >= 15 is 0 Å². The predicted molar refractivity (Wildman–Crippen MR) is 148 cm³/mol. The Balaban J connectivity index is 1.56. The number of nitrogens with one attached hydrogen (secondary N) is 1. The van der Waals surface area contributed by atoms with Crippen LogP contribution in [0.15, 0.2) is 132 Å². The second-order valence-electron chi connectivity index (χ2n) is 8.60. The Hall–Kier alpha value is -3.60. The fourth-order valence-corrected chi connectivity index (χ4v) is 6.19. The molecule has 0 aliphatic carbocycles. The van der Waals surface area contributed by atoms with Crippen molar-refractivity contribution in [3.8, 4) is 0 Å². The van der Waals surface area contributed by atoms with E-state index in [1.807, 2.05) is 24.3 Å². The Labute approximate surface area is 214 Å². The molecule has 0 aromatic heterocycles. The first-order valence-electron chi connectivity index (χ1n) is 11.6. The summed E-state index contributed by atoms with van der Waals surface area (Å²) in [5.74, 6) is 0. The maximum Gasteiger partial charge on any atom is 0.120 e. The van der Waals surface area contributed by atoms with Gasteiger partial charge >= 0.3 is 0 Å². The summed E-state index contributed by atoms with van der Waals surface area (Å²) in [6.07, 6.45) is 2.15. The molecule has 0 amide bonds. The molecule has 4 aromatic carbocycles. The van der Waals surface area contributed by atoms with Gasteiger partial charge in [0.25, 0.3) is 0 Å². The third-order valence-electron chi connectivity index (χ3n) is 6.41. The first-order chi connectivity index (χ1) is 17.2. The number of rotatable bonds is 4. The van der Waals surface area contributed by atoms with Crippen LogP contribution in [0.3, 0.4) is 0 Å². The highest BCUT2D eigenvalue weighted by Crippen LogP contribution is 2.49. The van der Waals surface area contributed by atoms with E-state index in [4.69, 9.17) is 17.3 Å². The summed E-state index contributed by atoms with van der Waals surface area (Å²) < 4.78 is 0. The van der Waals surface area contributed by atoms with Crippen LogP contribution in [0.1, 0.15) is 17.2 Å². The Morgan fingerprint density at radius 3 is 2.14 bits per heavy atom. The van der Waals surface area contributed by atoms with Crippen molar-refractivity contribution in [3.05, 3.63) is 143 Å². The molecule has 2 atom stereocenters. The van der Waals surface area contributed by atoms with Crippen LogP contribution in [0.5, 0.6) is 0 Å². The van der Waals surface area contributed by atoms with Crippen LogP contribution in [0.2, 0.25) is 5.02 Å². The van der Waals surface area contributed by atoms with Crippen LogP contribution in [0, 0.1) is 0 Å². The normalized spacial score (nSPS) is 19.2. The second-order valence-corrected chi connectivity index (χ2v) is 10.2. The van der Waals surface area contributed by atoms with Crippen LogP contribution in [-0.4, -0.2) is 5.37 Å². The van der Waals surface area contributed by atoms with Crippen LogP contribution < -0.4 is 16.0 Å². The standard InChI is InChI=1S/C30H24ClN3S/c31-22-17-15-21(16-18-22)28-24(20-9-3-1-4-10-20)19-25(32)29(34(28)23-11-5-2-6-12-23)30-33-26-13-7-8-14-27(26)35-30/h1-19,28,30,33H,32H2. The van der Waals surface area contributed by atoms with Crippen LogP contribution in [-0.2, 0) is 0 Å². The molecule has 35 heavy (non-hydrogen) atoms. The van der Waals surface area contributed by atoms with Crippen molar-refractivity contribution in [1.82, 2.24) is 0 Å². The van der Waals surface area contributed by atoms with Gasteiger partial charge in [0.1, 0.15) is 5.37 Å². The SMILES string of the molecule is NC1=C(C2Nc3ccccc3S2)N(c2ccccc2)C(c2ccc(Cl)cc2)C(c2ccccc2)=C1. The fraction of sp³-hybridized carbons (Fsp3) is 0.0667. The van der Waals surface area contributed by atoms with E-state index in [0.717, 1.165) is 44.5 Å². The molecule has 0 radical (unpaired) electrons. The second kappa shape index (κ2) is 9.21. The number of hydrogen-bond acceptors (Lipinski definition) is 4. The number of nitrogens with two attached hydrogens (primary N) is 1. The topological polar surface area (TPSA) is 41.3 Å². The van der Waals surface area contributed by atoms with Crippen molar-refractivity contribution in [2.75, 3.05) is 10.2 Å². The van der Waals surface area contributed by atoms with E-state index in [2.05, 4.69) is 101 Å². The molecule has 172 valence electrons. The molecule has 0 saturated heterocycles. The highest BCUT2D eigenvalue weighted by Gasteiger charge is 2.38. The largest absolute Gasteiger partial charge is 0.397 e. The van der Waals surface area contributed by atoms with E-state index in [1.54, 1.807) is 11.8 Å². The van der Waals surface area contributed by atoms with Gasteiger partial charge in [0, 0.05) is 21.3 Å². The Kier molecular flexibility index (Phi) is 5.77. The van der Waals surface area contributed by atoms with Crippen LogP contribution in [0.4, 0.5) is 11.4 Å². The molecular weight excluding hydrogens is 470 g/mol. The van der Waals surface area contributed by atoms with E-state index in [1.165, 1.54) is 4.90 Å². The quantitative estimate of drug-likeness (QED) is 0.305. The summed E-state index contributed by atoms with van der Waals surface area (Å²) in [7, 11) is 0. The number of benzene rings is 4. The van der Waals surface area contributed by atoms with E-state index in [9.17, 15) is 0 Å². The Bertz CT molecular complexity index is 1390. The molecule has 6 rings (SSSR count). The van der Waals surface area contributed by atoms with Crippen molar-refractivity contribution in [3.63, 3.8) is 0 Å². The Morgan fingerprint density at radius 2 is 1.43 bits per heavy atom. The lowest BCUT2D eigenvalue weighted by Crippen LogP contribution is -2.39. The Morgan fingerprint density at radius 1 is 0.771 bits per heavy atom. The van der Waals surface area contributed by atoms with Gasteiger partial charge in [-0.2, -0.15) is 0 Å². The minimum absolute atomic E-state index is 0.0176. The molecular formula is C30H24ClN3S. The lowest BCUT2D eigenvalue weighted by molar-refractivity contribution is 0.779. The molecule has 0 spiro atoms. The summed E-state index contributed by atoms with van der Waals surface area (Å²) in [6.45, 7) is 0. The summed E-state index contributed by atoms with van der Waals surface area (Å²) in [5.41, 5.74) is 14.4. The molecule has 4 aromatic rings.